The Balaban J connectivity index is 1.65. The number of ketones is 1. The number of rotatable bonds is 1. The topological polar surface area (TPSA) is 77.8 Å². The third-order valence-electron chi connectivity index (χ3n) is 9.27. The van der Waals surface area contributed by atoms with Crippen molar-refractivity contribution in [3.8, 4) is 0 Å². The van der Waals surface area contributed by atoms with Gasteiger partial charge in [0.25, 0.3) is 0 Å². The Morgan fingerprint density at radius 3 is 2.36 bits per heavy atom. The summed E-state index contributed by atoms with van der Waals surface area (Å²) in [7, 11) is 0. The van der Waals surface area contributed by atoms with Gasteiger partial charge in [-0.1, -0.05) is 13.8 Å². The van der Waals surface area contributed by atoms with Gasteiger partial charge in [0, 0.05) is 18.8 Å². The smallest absolute Gasteiger partial charge is 0.165 e. The van der Waals surface area contributed by atoms with Crippen molar-refractivity contribution >= 4 is 5.78 Å². The lowest BCUT2D eigenvalue weighted by molar-refractivity contribution is -0.267. The quantitative estimate of drug-likeness (QED) is 0.636. The summed E-state index contributed by atoms with van der Waals surface area (Å²) in [5, 5.41) is 31.2. The van der Waals surface area contributed by atoms with E-state index in [1.807, 2.05) is 0 Å². The van der Waals surface area contributed by atoms with Crippen LogP contribution in [-0.2, 0) is 4.79 Å². The summed E-state index contributed by atoms with van der Waals surface area (Å²) in [6.45, 7) is 6.30. The molecule has 4 nitrogen and oxygen atoms in total. The molecule has 4 fully saturated rings. The van der Waals surface area contributed by atoms with E-state index in [1.165, 1.54) is 0 Å². The zero-order valence-electron chi connectivity index (χ0n) is 15.9. The van der Waals surface area contributed by atoms with Crippen molar-refractivity contribution in [2.45, 2.75) is 84.0 Å². The van der Waals surface area contributed by atoms with E-state index in [-0.39, 0.29) is 29.1 Å². The Morgan fingerprint density at radius 2 is 1.68 bits per heavy atom. The molecule has 4 aliphatic carbocycles. The molecular formula is C21H34O4. The summed E-state index contributed by atoms with van der Waals surface area (Å²) in [4.78, 5) is 12.2. The van der Waals surface area contributed by atoms with Crippen molar-refractivity contribution in [1.82, 2.24) is 0 Å². The highest BCUT2D eigenvalue weighted by Gasteiger charge is 2.64. The summed E-state index contributed by atoms with van der Waals surface area (Å²) >= 11 is 0. The number of hydrogen-bond donors (Lipinski definition) is 3. The Morgan fingerprint density at radius 1 is 0.960 bits per heavy atom. The maximum Gasteiger partial charge on any atom is 0.165 e. The number of carbonyl (C=O) groups is 1. The predicted molar refractivity (Wildman–Crippen MR) is 94.5 cm³/mol. The first-order chi connectivity index (χ1) is 11.6. The predicted octanol–water partition coefficient (Wildman–Crippen LogP) is 2.89. The largest absolute Gasteiger partial charge is 0.392 e. The van der Waals surface area contributed by atoms with Gasteiger partial charge in [-0.3, -0.25) is 4.79 Å². The van der Waals surface area contributed by atoms with Gasteiger partial charge in [-0.2, -0.15) is 0 Å². The number of carbonyl (C=O) groups excluding carboxylic acids is 1. The fraction of sp³-hybridized carbons (Fsp3) is 0.952. The van der Waals surface area contributed by atoms with Gasteiger partial charge < -0.3 is 15.3 Å². The van der Waals surface area contributed by atoms with Gasteiger partial charge in [0.2, 0.25) is 0 Å². The monoisotopic (exact) mass is 350 g/mol. The van der Waals surface area contributed by atoms with E-state index in [2.05, 4.69) is 13.8 Å². The van der Waals surface area contributed by atoms with Gasteiger partial charge in [0.05, 0.1) is 6.10 Å². The highest BCUT2D eigenvalue weighted by molar-refractivity contribution is 5.79. The first kappa shape index (κ1) is 17.9. The molecule has 25 heavy (non-hydrogen) atoms. The highest BCUT2D eigenvalue weighted by atomic mass is 16.5. The lowest BCUT2D eigenvalue weighted by Gasteiger charge is -2.62. The van der Waals surface area contributed by atoms with E-state index in [4.69, 9.17) is 0 Å². The normalized spacial score (nSPS) is 54.3. The van der Waals surface area contributed by atoms with Crippen molar-refractivity contribution in [1.29, 1.82) is 0 Å². The average molecular weight is 350 g/mol. The van der Waals surface area contributed by atoms with Crippen LogP contribution in [0.1, 0.15) is 72.1 Å². The fourth-order valence-electron chi connectivity index (χ4n) is 7.99. The standard InChI is InChI=1S/C21H34O4/c1-12(22)15-6-7-16-14-5-4-13-10-21(24,25)11-18(23)20(13,3)17(14)8-9-19(15,16)2/h13-18,23-25H,4-11H2,1-3H3/t13-,14-,15+,16-,17-,18?,19-,20-/m0/s1. The first-order valence-corrected chi connectivity index (χ1v) is 10.2. The van der Waals surface area contributed by atoms with Crippen LogP contribution in [0, 0.1) is 40.4 Å². The molecule has 4 heteroatoms. The molecule has 3 N–H and O–H groups in total. The van der Waals surface area contributed by atoms with E-state index >= 15 is 0 Å². The molecule has 0 aromatic rings. The molecule has 1 unspecified atom stereocenters. The van der Waals surface area contributed by atoms with Crippen LogP contribution < -0.4 is 0 Å². The second kappa shape index (κ2) is 5.53. The molecule has 0 saturated heterocycles. The minimum Gasteiger partial charge on any atom is -0.392 e. The summed E-state index contributed by atoms with van der Waals surface area (Å²) in [6, 6.07) is 0. The van der Waals surface area contributed by atoms with E-state index in [9.17, 15) is 20.1 Å². The number of fused-ring (bicyclic) bond motifs is 5. The number of aliphatic hydroxyl groups is 3. The molecule has 0 aromatic heterocycles. The SMILES string of the molecule is CC(=O)[C@H]1CC[C@H]2[C@@H]3CC[C@H]4CC(O)(O)CC(O)[C@]4(C)[C@H]3CC[C@@]12C. The highest BCUT2D eigenvalue weighted by Crippen LogP contribution is 2.67. The summed E-state index contributed by atoms with van der Waals surface area (Å²) < 4.78 is 0. The zero-order valence-corrected chi connectivity index (χ0v) is 15.9. The Bertz CT molecular complexity index is 572. The molecule has 0 aromatic carbocycles. The van der Waals surface area contributed by atoms with Crippen LogP contribution in [0.3, 0.4) is 0 Å². The number of aliphatic hydroxyl groups excluding tert-OH is 1. The maximum absolute atomic E-state index is 12.2. The number of Topliss-reactive ketones (excluding diaryl/α,β-unsaturated/α-hetero) is 1. The van der Waals surface area contributed by atoms with Crippen LogP contribution in [0.2, 0.25) is 0 Å². The molecule has 0 aliphatic heterocycles. The van der Waals surface area contributed by atoms with Gasteiger partial charge in [0.15, 0.2) is 5.79 Å². The van der Waals surface area contributed by atoms with Crippen LogP contribution in [0.5, 0.6) is 0 Å². The lowest BCUT2D eigenvalue weighted by Crippen LogP contribution is -2.61. The van der Waals surface area contributed by atoms with Crippen molar-refractivity contribution < 1.29 is 20.1 Å². The van der Waals surface area contributed by atoms with Crippen LogP contribution in [-0.4, -0.2) is 33.0 Å². The maximum atomic E-state index is 12.2. The van der Waals surface area contributed by atoms with Crippen LogP contribution >= 0.6 is 0 Å². The summed E-state index contributed by atoms with van der Waals surface area (Å²) in [5.41, 5.74) is -0.0823. The molecule has 0 bridgehead atoms. The Hall–Kier alpha value is -0.450. The van der Waals surface area contributed by atoms with Crippen molar-refractivity contribution in [2.75, 3.05) is 0 Å². The first-order valence-electron chi connectivity index (χ1n) is 10.2. The van der Waals surface area contributed by atoms with E-state index < -0.39 is 11.9 Å². The van der Waals surface area contributed by atoms with E-state index in [0.717, 1.165) is 38.5 Å². The van der Waals surface area contributed by atoms with Crippen molar-refractivity contribution in [3.05, 3.63) is 0 Å². The third kappa shape index (κ3) is 2.40. The molecule has 0 spiro atoms. The minimum absolute atomic E-state index is 0.0707. The van der Waals surface area contributed by atoms with Crippen LogP contribution in [0.25, 0.3) is 0 Å². The Kier molecular flexibility index (Phi) is 3.97. The molecule has 8 atom stereocenters. The van der Waals surface area contributed by atoms with Crippen molar-refractivity contribution in [2.24, 2.45) is 40.4 Å². The molecule has 4 aliphatic rings. The zero-order chi connectivity index (χ0) is 18.2. The Labute approximate surface area is 151 Å². The third-order valence-corrected chi connectivity index (χ3v) is 9.27. The molecule has 4 rings (SSSR count). The van der Waals surface area contributed by atoms with E-state index in [1.54, 1.807) is 6.92 Å². The van der Waals surface area contributed by atoms with E-state index in [0.29, 0.717) is 30.0 Å². The second-order valence-electron chi connectivity index (χ2n) is 10.2. The molecule has 0 heterocycles. The summed E-state index contributed by atoms with van der Waals surface area (Å²) in [6.07, 6.45) is 6.19. The van der Waals surface area contributed by atoms with Crippen LogP contribution in [0.4, 0.5) is 0 Å². The van der Waals surface area contributed by atoms with Gasteiger partial charge in [-0.05, 0) is 80.0 Å². The van der Waals surface area contributed by atoms with Crippen LogP contribution in [0.15, 0.2) is 0 Å². The lowest BCUT2D eigenvalue weighted by atomic mass is 9.43. The average Bonchev–Trinajstić information content (AvgIpc) is 2.85. The minimum atomic E-state index is -1.72. The fourth-order valence-corrected chi connectivity index (χ4v) is 7.99. The molecule has 0 radical (unpaired) electrons. The number of hydrogen-bond acceptors (Lipinski definition) is 4. The molecule has 0 amide bonds. The molecular weight excluding hydrogens is 316 g/mol. The summed E-state index contributed by atoms with van der Waals surface area (Å²) in [5.74, 6) is 0.633. The van der Waals surface area contributed by atoms with Gasteiger partial charge in [-0.25, -0.2) is 0 Å². The molecule has 4 saturated carbocycles. The van der Waals surface area contributed by atoms with Crippen molar-refractivity contribution in [3.63, 3.8) is 0 Å². The second-order valence-corrected chi connectivity index (χ2v) is 10.2. The van der Waals surface area contributed by atoms with Gasteiger partial charge >= 0.3 is 0 Å². The van der Waals surface area contributed by atoms with Gasteiger partial charge in [0.1, 0.15) is 5.78 Å². The molecule has 142 valence electrons. The van der Waals surface area contributed by atoms with Gasteiger partial charge in [-0.15, -0.1) is 0 Å².